The van der Waals surface area contributed by atoms with Gasteiger partial charge in [-0.15, -0.1) is 24.0 Å². The molecule has 0 bridgehead atoms. The summed E-state index contributed by atoms with van der Waals surface area (Å²) in [6.07, 6.45) is 1.70. The van der Waals surface area contributed by atoms with Crippen LogP contribution in [-0.4, -0.2) is 35.5 Å². The van der Waals surface area contributed by atoms with Crippen molar-refractivity contribution in [2.24, 2.45) is 17.8 Å². The van der Waals surface area contributed by atoms with Crippen molar-refractivity contribution in [3.63, 3.8) is 0 Å². The van der Waals surface area contributed by atoms with Crippen molar-refractivity contribution in [3.05, 3.63) is 35.2 Å². The van der Waals surface area contributed by atoms with Gasteiger partial charge in [-0.25, -0.2) is 0 Å². The molecule has 0 fully saturated rings. The third-order valence-electron chi connectivity index (χ3n) is 4.32. The molecule has 0 atom stereocenters. The van der Waals surface area contributed by atoms with Crippen molar-refractivity contribution in [3.8, 4) is 11.5 Å². The average molecular weight is 471 g/mol. The number of hydrogen-bond donors (Lipinski definition) is 2. The number of rotatable bonds is 4. The van der Waals surface area contributed by atoms with Gasteiger partial charge in [-0.2, -0.15) is 5.10 Å². The molecule has 3 rings (SSSR count). The van der Waals surface area contributed by atoms with Gasteiger partial charge in [0, 0.05) is 37.5 Å². The smallest absolute Gasteiger partial charge is 0.193 e. The molecule has 142 valence electrons. The van der Waals surface area contributed by atoms with Crippen molar-refractivity contribution in [2.75, 3.05) is 25.1 Å². The van der Waals surface area contributed by atoms with Crippen molar-refractivity contribution >= 4 is 35.6 Å². The molecular formula is C18H26IN5O2. The van der Waals surface area contributed by atoms with E-state index in [1.807, 2.05) is 36.9 Å². The Morgan fingerprint density at radius 1 is 1.27 bits per heavy atom. The first kappa shape index (κ1) is 20.3. The summed E-state index contributed by atoms with van der Waals surface area (Å²) in [5.74, 6) is 1.88. The molecule has 0 saturated heterocycles. The van der Waals surface area contributed by atoms with Crippen LogP contribution in [0.3, 0.4) is 0 Å². The predicted octanol–water partition coefficient (Wildman–Crippen LogP) is 2.79. The van der Waals surface area contributed by atoms with Crippen LogP contribution in [0.4, 0.5) is 5.69 Å². The number of benzene rings is 1. The molecule has 26 heavy (non-hydrogen) atoms. The Morgan fingerprint density at radius 3 is 2.69 bits per heavy atom. The molecule has 1 aliphatic heterocycles. The molecule has 1 aromatic carbocycles. The number of aliphatic imine (C=N–C) groups is 1. The largest absolute Gasteiger partial charge is 0.490 e. The molecule has 2 aromatic rings. The Hall–Kier alpha value is -1.97. The van der Waals surface area contributed by atoms with Crippen LogP contribution in [0.2, 0.25) is 0 Å². The van der Waals surface area contributed by atoms with E-state index in [9.17, 15) is 0 Å². The number of anilines is 1. The van der Waals surface area contributed by atoms with E-state index in [-0.39, 0.29) is 24.0 Å². The summed E-state index contributed by atoms with van der Waals surface area (Å²) in [6.45, 7) is 6.03. The highest BCUT2D eigenvalue weighted by atomic mass is 127. The van der Waals surface area contributed by atoms with Crippen LogP contribution >= 0.6 is 24.0 Å². The van der Waals surface area contributed by atoms with Gasteiger partial charge < -0.3 is 20.5 Å². The summed E-state index contributed by atoms with van der Waals surface area (Å²) in [5.41, 5.74) is 10.3. The topological polar surface area (TPSA) is 86.7 Å². The maximum atomic E-state index is 6.00. The Kier molecular flexibility index (Phi) is 7.13. The molecule has 7 nitrogen and oxygen atoms in total. The van der Waals surface area contributed by atoms with E-state index in [1.54, 1.807) is 0 Å². The molecule has 1 aliphatic rings. The monoisotopic (exact) mass is 471 g/mol. The number of nitrogens with two attached hydrogens (primary N) is 1. The molecule has 0 unspecified atom stereocenters. The van der Waals surface area contributed by atoms with Crippen LogP contribution in [0.15, 0.2) is 23.2 Å². The van der Waals surface area contributed by atoms with Gasteiger partial charge >= 0.3 is 0 Å². The fraction of sp³-hybridized carbons (Fsp3) is 0.444. The van der Waals surface area contributed by atoms with E-state index in [4.69, 9.17) is 15.2 Å². The highest BCUT2D eigenvalue weighted by molar-refractivity contribution is 14.0. The second kappa shape index (κ2) is 9.11. The van der Waals surface area contributed by atoms with E-state index in [0.717, 1.165) is 35.7 Å². The minimum atomic E-state index is 0. The number of fused-ring (bicyclic) bond motifs is 1. The Balaban J connectivity index is 0.00000243. The predicted molar refractivity (Wildman–Crippen MR) is 114 cm³/mol. The van der Waals surface area contributed by atoms with E-state index < -0.39 is 0 Å². The molecule has 0 aliphatic carbocycles. The fourth-order valence-electron chi connectivity index (χ4n) is 2.90. The third kappa shape index (κ3) is 4.80. The Labute approximate surface area is 171 Å². The second-order valence-electron chi connectivity index (χ2n) is 6.13. The van der Waals surface area contributed by atoms with Gasteiger partial charge in [0.05, 0.1) is 18.9 Å². The first-order valence-electron chi connectivity index (χ1n) is 8.50. The maximum Gasteiger partial charge on any atom is 0.193 e. The highest BCUT2D eigenvalue weighted by Crippen LogP contribution is 2.32. The summed E-state index contributed by atoms with van der Waals surface area (Å²) >= 11 is 0. The van der Waals surface area contributed by atoms with E-state index >= 15 is 0 Å². The van der Waals surface area contributed by atoms with Gasteiger partial charge in [-0.1, -0.05) is 0 Å². The number of nitrogens with one attached hydrogen (secondary N) is 1. The molecule has 1 aromatic heterocycles. The van der Waals surface area contributed by atoms with Crippen molar-refractivity contribution < 1.29 is 9.47 Å². The lowest BCUT2D eigenvalue weighted by Gasteiger charge is -2.10. The normalized spacial score (nSPS) is 13.7. The number of halogens is 1. The Morgan fingerprint density at radius 2 is 2.00 bits per heavy atom. The summed E-state index contributed by atoms with van der Waals surface area (Å²) < 4.78 is 13.2. The van der Waals surface area contributed by atoms with Gasteiger partial charge in [0.15, 0.2) is 17.5 Å². The molecular weight excluding hydrogens is 445 g/mol. The number of nitrogens with zero attached hydrogens (tertiary/aromatic N) is 3. The zero-order chi connectivity index (χ0) is 17.8. The number of hydrogen-bond acceptors (Lipinski definition) is 4. The standard InChI is InChI=1S/C18H25N5O2.HI/c1-12-15(13(2)23(3)22-12)7-8-20-18(19)21-14-5-6-16-17(11-14)25-10-4-9-24-16;/h5-6,11H,4,7-10H2,1-3H3,(H3,19,20,21);1H. The van der Waals surface area contributed by atoms with Crippen LogP contribution in [0.1, 0.15) is 23.4 Å². The van der Waals surface area contributed by atoms with Crippen LogP contribution in [-0.2, 0) is 13.5 Å². The van der Waals surface area contributed by atoms with Gasteiger partial charge in [-0.3, -0.25) is 9.67 Å². The maximum absolute atomic E-state index is 6.00. The van der Waals surface area contributed by atoms with Crippen LogP contribution in [0.5, 0.6) is 11.5 Å². The molecule has 2 heterocycles. The van der Waals surface area contributed by atoms with Crippen molar-refractivity contribution in [1.29, 1.82) is 0 Å². The molecule has 3 N–H and O–H groups in total. The van der Waals surface area contributed by atoms with E-state index in [2.05, 4.69) is 22.3 Å². The lowest BCUT2D eigenvalue weighted by Crippen LogP contribution is -2.23. The van der Waals surface area contributed by atoms with E-state index in [1.165, 1.54) is 11.3 Å². The summed E-state index contributed by atoms with van der Waals surface area (Å²) in [7, 11) is 1.95. The first-order valence-corrected chi connectivity index (χ1v) is 8.50. The number of guanidine groups is 1. The van der Waals surface area contributed by atoms with Gasteiger partial charge in [0.1, 0.15) is 0 Å². The van der Waals surface area contributed by atoms with E-state index in [0.29, 0.717) is 25.7 Å². The molecule has 0 amide bonds. The number of aromatic nitrogens is 2. The van der Waals surface area contributed by atoms with Crippen LogP contribution in [0, 0.1) is 13.8 Å². The van der Waals surface area contributed by atoms with Crippen LogP contribution in [0.25, 0.3) is 0 Å². The number of aryl methyl sites for hydroxylation is 2. The summed E-state index contributed by atoms with van der Waals surface area (Å²) in [5, 5.41) is 7.52. The van der Waals surface area contributed by atoms with Gasteiger partial charge in [-0.05, 0) is 38.0 Å². The minimum Gasteiger partial charge on any atom is -0.490 e. The Bertz CT molecular complexity index is 788. The highest BCUT2D eigenvalue weighted by Gasteiger charge is 2.11. The second-order valence-corrected chi connectivity index (χ2v) is 6.13. The molecule has 8 heteroatoms. The number of ether oxygens (including phenoxy) is 2. The van der Waals surface area contributed by atoms with Gasteiger partial charge in [0.2, 0.25) is 0 Å². The zero-order valence-electron chi connectivity index (χ0n) is 15.4. The van der Waals surface area contributed by atoms with Crippen molar-refractivity contribution in [1.82, 2.24) is 9.78 Å². The fourth-order valence-corrected chi connectivity index (χ4v) is 2.90. The first-order chi connectivity index (χ1) is 12.0. The summed E-state index contributed by atoms with van der Waals surface area (Å²) in [6, 6.07) is 5.68. The zero-order valence-corrected chi connectivity index (χ0v) is 17.7. The molecule has 0 radical (unpaired) electrons. The molecule has 0 spiro atoms. The average Bonchev–Trinajstić information content (AvgIpc) is 2.76. The SMILES string of the molecule is Cc1nn(C)c(C)c1CCN=C(N)Nc1ccc2c(c1)OCCCO2.I. The van der Waals surface area contributed by atoms with Crippen LogP contribution < -0.4 is 20.5 Å². The van der Waals surface area contributed by atoms with Crippen molar-refractivity contribution in [2.45, 2.75) is 26.7 Å². The lowest BCUT2D eigenvalue weighted by molar-refractivity contribution is 0.297. The van der Waals surface area contributed by atoms with Gasteiger partial charge in [0.25, 0.3) is 0 Å². The third-order valence-corrected chi connectivity index (χ3v) is 4.32. The lowest BCUT2D eigenvalue weighted by atomic mass is 10.1. The molecule has 0 saturated carbocycles. The quantitative estimate of drug-likeness (QED) is 0.407. The summed E-state index contributed by atoms with van der Waals surface area (Å²) in [4.78, 5) is 4.41. The minimum absolute atomic E-state index is 0.